The van der Waals surface area contributed by atoms with E-state index < -0.39 is 0 Å². The molecule has 1 aromatic heterocycles. The van der Waals surface area contributed by atoms with Gasteiger partial charge in [0.2, 0.25) is 0 Å². The van der Waals surface area contributed by atoms with Gasteiger partial charge < -0.3 is 5.73 Å². The van der Waals surface area contributed by atoms with E-state index in [1.165, 1.54) is 24.3 Å². The second kappa shape index (κ2) is 4.54. The summed E-state index contributed by atoms with van der Waals surface area (Å²) < 4.78 is 0. The number of thioether (sulfide) groups is 1. The Kier molecular flexibility index (Phi) is 3.32. The summed E-state index contributed by atoms with van der Waals surface area (Å²) in [5, 5.41) is 0. The number of nitrogens with zero attached hydrogens (tertiary/aromatic N) is 1. The number of pyridine rings is 1. The summed E-state index contributed by atoms with van der Waals surface area (Å²) in [5.41, 5.74) is 8.39. The zero-order valence-electron chi connectivity index (χ0n) is 9.20. The predicted molar refractivity (Wildman–Crippen MR) is 66.3 cm³/mol. The minimum atomic E-state index is 0.134. The number of hydrogen-bond acceptors (Lipinski definition) is 3. The monoisotopic (exact) mass is 222 g/mol. The predicted octanol–water partition coefficient (Wildman–Crippen LogP) is 2.11. The molecule has 0 aliphatic carbocycles. The van der Waals surface area contributed by atoms with Gasteiger partial charge in [-0.15, -0.1) is 0 Å². The molecule has 1 unspecified atom stereocenters. The van der Waals surface area contributed by atoms with Gasteiger partial charge in [-0.2, -0.15) is 11.8 Å². The van der Waals surface area contributed by atoms with Crippen molar-refractivity contribution in [3.05, 3.63) is 29.6 Å². The van der Waals surface area contributed by atoms with Crippen molar-refractivity contribution in [2.75, 3.05) is 18.1 Å². The summed E-state index contributed by atoms with van der Waals surface area (Å²) >= 11 is 2.01. The molecule has 2 rings (SSSR count). The molecule has 82 valence electrons. The second-order valence-electron chi connectivity index (χ2n) is 4.30. The number of aromatic nitrogens is 1. The Morgan fingerprint density at radius 3 is 3.00 bits per heavy atom. The van der Waals surface area contributed by atoms with E-state index in [0.717, 1.165) is 18.0 Å². The highest BCUT2D eigenvalue weighted by molar-refractivity contribution is 7.99. The number of hydrogen-bond donors (Lipinski definition) is 1. The molecule has 0 radical (unpaired) electrons. The SMILES string of the molecule is Cc1cccc(C2(CN)CCCSC2)n1. The van der Waals surface area contributed by atoms with Gasteiger partial charge in [0.1, 0.15) is 0 Å². The third-order valence-corrected chi connectivity index (χ3v) is 4.48. The molecule has 0 saturated carbocycles. The van der Waals surface area contributed by atoms with Crippen LogP contribution in [0.1, 0.15) is 24.2 Å². The van der Waals surface area contributed by atoms with Gasteiger partial charge in [-0.25, -0.2) is 0 Å². The lowest BCUT2D eigenvalue weighted by Crippen LogP contribution is -2.40. The van der Waals surface area contributed by atoms with Crippen LogP contribution in [-0.4, -0.2) is 23.0 Å². The van der Waals surface area contributed by atoms with Gasteiger partial charge in [0.15, 0.2) is 0 Å². The molecular weight excluding hydrogens is 204 g/mol. The normalized spacial score (nSPS) is 26.5. The summed E-state index contributed by atoms with van der Waals surface area (Å²) in [6.07, 6.45) is 2.45. The average molecular weight is 222 g/mol. The van der Waals surface area contributed by atoms with E-state index in [0.29, 0.717) is 0 Å². The van der Waals surface area contributed by atoms with E-state index in [4.69, 9.17) is 5.73 Å². The zero-order chi connectivity index (χ0) is 10.7. The van der Waals surface area contributed by atoms with Gasteiger partial charge in [0, 0.05) is 29.1 Å². The molecule has 1 aliphatic rings. The van der Waals surface area contributed by atoms with Gasteiger partial charge in [-0.3, -0.25) is 4.98 Å². The molecule has 0 amide bonds. The quantitative estimate of drug-likeness (QED) is 0.833. The molecule has 1 atom stereocenters. The van der Waals surface area contributed by atoms with Gasteiger partial charge in [-0.05, 0) is 37.7 Å². The van der Waals surface area contributed by atoms with Crippen molar-refractivity contribution >= 4 is 11.8 Å². The van der Waals surface area contributed by atoms with Gasteiger partial charge in [0.25, 0.3) is 0 Å². The molecule has 2 N–H and O–H groups in total. The van der Waals surface area contributed by atoms with Crippen molar-refractivity contribution < 1.29 is 0 Å². The lowest BCUT2D eigenvalue weighted by atomic mass is 9.81. The van der Waals surface area contributed by atoms with Gasteiger partial charge in [0.05, 0.1) is 0 Å². The fourth-order valence-electron chi connectivity index (χ4n) is 2.16. The van der Waals surface area contributed by atoms with E-state index in [1.807, 2.05) is 24.8 Å². The van der Waals surface area contributed by atoms with Crippen LogP contribution in [0.3, 0.4) is 0 Å². The molecule has 3 heteroatoms. The van der Waals surface area contributed by atoms with Crippen molar-refractivity contribution in [2.24, 2.45) is 5.73 Å². The maximum absolute atomic E-state index is 5.97. The molecule has 0 aromatic carbocycles. The molecule has 1 saturated heterocycles. The highest BCUT2D eigenvalue weighted by atomic mass is 32.2. The molecule has 1 aromatic rings. The molecule has 1 aliphatic heterocycles. The Morgan fingerprint density at radius 2 is 2.40 bits per heavy atom. The summed E-state index contributed by atoms with van der Waals surface area (Å²) in [6, 6.07) is 6.27. The standard InChI is InChI=1S/C12H18N2S/c1-10-4-2-5-11(14-10)12(8-13)6-3-7-15-9-12/h2,4-5H,3,6-9,13H2,1H3. The van der Waals surface area contributed by atoms with E-state index in [2.05, 4.69) is 17.1 Å². The minimum Gasteiger partial charge on any atom is -0.329 e. The first kappa shape index (κ1) is 11.0. The van der Waals surface area contributed by atoms with E-state index in [9.17, 15) is 0 Å². The Hall–Kier alpha value is -0.540. The molecule has 0 spiro atoms. The van der Waals surface area contributed by atoms with Crippen LogP contribution in [0.25, 0.3) is 0 Å². The average Bonchev–Trinajstić information content (AvgIpc) is 2.30. The molecule has 1 fully saturated rings. The van der Waals surface area contributed by atoms with Crippen LogP contribution in [0.2, 0.25) is 0 Å². The lowest BCUT2D eigenvalue weighted by molar-refractivity contribution is 0.427. The van der Waals surface area contributed by atoms with Crippen molar-refractivity contribution in [1.82, 2.24) is 4.98 Å². The van der Waals surface area contributed by atoms with Crippen LogP contribution in [0, 0.1) is 6.92 Å². The smallest absolute Gasteiger partial charge is 0.0489 e. The fraction of sp³-hybridized carbons (Fsp3) is 0.583. The Labute approximate surface area is 95.7 Å². The summed E-state index contributed by atoms with van der Waals surface area (Å²) in [4.78, 5) is 4.65. The molecule has 2 nitrogen and oxygen atoms in total. The minimum absolute atomic E-state index is 0.134. The maximum atomic E-state index is 5.97. The van der Waals surface area contributed by atoms with Crippen LogP contribution >= 0.6 is 11.8 Å². The van der Waals surface area contributed by atoms with Gasteiger partial charge >= 0.3 is 0 Å². The van der Waals surface area contributed by atoms with Crippen molar-refractivity contribution in [3.63, 3.8) is 0 Å². The summed E-state index contributed by atoms with van der Waals surface area (Å²) in [5.74, 6) is 2.40. The third kappa shape index (κ3) is 2.18. The van der Waals surface area contributed by atoms with Crippen LogP contribution in [0.5, 0.6) is 0 Å². The van der Waals surface area contributed by atoms with Crippen molar-refractivity contribution in [1.29, 1.82) is 0 Å². The second-order valence-corrected chi connectivity index (χ2v) is 5.41. The van der Waals surface area contributed by atoms with Crippen LogP contribution in [0.4, 0.5) is 0 Å². The summed E-state index contributed by atoms with van der Waals surface area (Å²) in [7, 11) is 0. The first-order chi connectivity index (χ1) is 7.27. The van der Waals surface area contributed by atoms with E-state index >= 15 is 0 Å². The van der Waals surface area contributed by atoms with Crippen LogP contribution in [-0.2, 0) is 5.41 Å². The zero-order valence-corrected chi connectivity index (χ0v) is 10.0. The highest BCUT2D eigenvalue weighted by Gasteiger charge is 2.34. The first-order valence-corrected chi connectivity index (χ1v) is 6.64. The molecule has 2 heterocycles. The Morgan fingerprint density at radius 1 is 1.53 bits per heavy atom. The van der Waals surface area contributed by atoms with Crippen LogP contribution in [0.15, 0.2) is 18.2 Å². The largest absolute Gasteiger partial charge is 0.329 e. The first-order valence-electron chi connectivity index (χ1n) is 5.49. The number of rotatable bonds is 2. The molecule has 0 bridgehead atoms. The summed E-state index contributed by atoms with van der Waals surface area (Å²) in [6.45, 7) is 2.76. The van der Waals surface area contributed by atoms with Crippen molar-refractivity contribution in [3.8, 4) is 0 Å². The molecule has 15 heavy (non-hydrogen) atoms. The number of aryl methyl sites for hydroxylation is 1. The van der Waals surface area contributed by atoms with E-state index in [1.54, 1.807) is 0 Å². The molecular formula is C12H18N2S. The maximum Gasteiger partial charge on any atom is 0.0489 e. The third-order valence-electron chi connectivity index (χ3n) is 3.14. The topological polar surface area (TPSA) is 38.9 Å². The lowest BCUT2D eigenvalue weighted by Gasteiger charge is -2.35. The number of nitrogens with two attached hydrogens (primary N) is 1. The fourth-order valence-corrected chi connectivity index (χ4v) is 3.45. The Balaban J connectivity index is 2.32. The van der Waals surface area contributed by atoms with Gasteiger partial charge in [-0.1, -0.05) is 6.07 Å². The van der Waals surface area contributed by atoms with Crippen LogP contribution < -0.4 is 5.73 Å². The van der Waals surface area contributed by atoms with E-state index in [-0.39, 0.29) is 5.41 Å². The van der Waals surface area contributed by atoms with Crippen molar-refractivity contribution in [2.45, 2.75) is 25.2 Å². The Bertz CT molecular complexity index is 332. The highest BCUT2D eigenvalue weighted by Crippen LogP contribution is 2.35.